The fraction of sp³-hybridized carbons (Fsp3) is 0.762. The van der Waals surface area contributed by atoms with E-state index in [1.165, 1.54) is 25.7 Å². The van der Waals surface area contributed by atoms with Gasteiger partial charge in [0.25, 0.3) is 0 Å². The van der Waals surface area contributed by atoms with Crippen LogP contribution in [0.4, 0.5) is 0 Å². The van der Waals surface area contributed by atoms with Crippen molar-refractivity contribution in [1.82, 2.24) is 20.9 Å². The van der Waals surface area contributed by atoms with E-state index in [-0.39, 0.29) is 11.8 Å². The summed E-state index contributed by atoms with van der Waals surface area (Å²) < 4.78 is 0. The number of nitrogens with one attached hydrogen (secondary N) is 3. The van der Waals surface area contributed by atoms with Crippen molar-refractivity contribution in [3.63, 3.8) is 0 Å². The number of likely N-dealkylation sites (tertiary alicyclic amines) is 1. The maximum atomic E-state index is 13.0. The van der Waals surface area contributed by atoms with Crippen LogP contribution in [0.25, 0.3) is 0 Å². The van der Waals surface area contributed by atoms with Crippen molar-refractivity contribution in [2.24, 2.45) is 11.7 Å². The van der Waals surface area contributed by atoms with Gasteiger partial charge in [-0.3, -0.25) is 24.0 Å². The number of aliphatic carboxylic acids is 1. The summed E-state index contributed by atoms with van der Waals surface area (Å²) in [5, 5.41) is 26.3. The van der Waals surface area contributed by atoms with E-state index in [1.807, 2.05) is 6.92 Å². The van der Waals surface area contributed by atoms with Crippen molar-refractivity contribution in [2.45, 2.75) is 90.2 Å². The standard InChI is InChI=1S/C21H37N5O7/c1-6-10(2)15(24-17(28)14-8-7-9-26(14)20(31)11(3)22)18(29)25-16(13(5)27)19(30)23-12(4)21(32)33/h10-16,27H,6-9,22H2,1-5H3,(H,23,30)(H,24,28)(H,25,29)(H,32,33)/t10-,11-,12-,13+,14-,15-,16-/m0/s1. The predicted octanol–water partition coefficient (Wildman–Crippen LogP) is -1.69. The molecular formula is C21H37N5O7. The van der Waals surface area contributed by atoms with Gasteiger partial charge in [0.15, 0.2) is 0 Å². The Morgan fingerprint density at radius 2 is 1.58 bits per heavy atom. The number of rotatable bonds is 11. The van der Waals surface area contributed by atoms with E-state index in [4.69, 9.17) is 10.8 Å². The SMILES string of the molecule is CC[C@H](C)[C@H](NC(=O)[C@@H]1CCCN1C(=O)[C@H](C)N)C(=O)N[C@H](C(=O)N[C@@H](C)C(=O)O)[C@@H](C)O. The zero-order valence-electron chi connectivity index (χ0n) is 19.8. The van der Waals surface area contributed by atoms with Gasteiger partial charge in [-0.25, -0.2) is 0 Å². The first-order valence-corrected chi connectivity index (χ1v) is 11.2. The number of nitrogens with zero attached hydrogens (tertiary/aromatic N) is 1. The van der Waals surface area contributed by atoms with Gasteiger partial charge in [0.05, 0.1) is 12.1 Å². The lowest BCUT2D eigenvalue weighted by Gasteiger charge is -2.30. The molecule has 0 aromatic rings. The second-order valence-corrected chi connectivity index (χ2v) is 8.65. The van der Waals surface area contributed by atoms with E-state index in [1.54, 1.807) is 6.92 Å². The molecule has 12 heteroatoms. The van der Waals surface area contributed by atoms with E-state index >= 15 is 0 Å². The van der Waals surface area contributed by atoms with Crippen molar-refractivity contribution in [3.8, 4) is 0 Å². The topological polar surface area (TPSA) is 191 Å². The van der Waals surface area contributed by atoms with Gasteiger partial charge in [0.1, 0.15) is 24.2 Å². The van der Waals surface area contributed by atoms with Crippen LogP contribution in [0, 0.1) is 5.92 Å². The second kappa shape index (κ2) is 12.5. The molecule has 188 valence electrons. The summed E-state index contributed by atoms with van der Waals surface area (Å²) in [5.74, 6) is -4.03. The molecule has 1 rings (SSSR count). The number of carboxylic acid groups (broad SMARTS) is 1. The van der Waals surface area contributed by atoms with Crippen LogP contribution >= 0.6 is 0 Å². The third-order valence-electron chi connectivity index (χ3n) is 5.81. The van der Waals surface area contributed by atoms with E-state index in [9.17, 15) is 29.1 Å². The second-order valence-electron chi connectivity index (χ2n) is 8.65. The first-order valence-electron chi connectivity index (χ1n) is 11.2. The van der Waals surface area contributed by atoms with Crippen LogP contribution < -0.4 is 21.7 Å². The van der Waals surface area contributed by atoms with E-state index < -0.39 is 60.0 Å². The van der Waals surface area contributed by atoms with E-state index in [0.29, 0.717) is 25.8 Å². The zero-order valence-corrected chi connectivity index (χ0v) is 19.8. The first kappa shape index (κ1) is 28.3. The molecule has 0 spiro atoms. The molecule has 1 aliphatic heterocycles. The zero-order chi connectivity index (χ0) is 25.5. The van der Waals surface area contributed by atoms with Crippen molar-refractivity contribution in [3.05, 3.63) is 0 Å². The number of amides is 4. The van der Waals surface area contributed by atoms with Crippen molar-refractivity contribution < 1.29 is 34.2 Å². The summed E-state index contributed by atoms with van der Waals surface area (Å²) in [7, 11) is 0. The van der Waals surface area contributed by atoms with Gasteiger partial charge in [-0.1, -0.05) is 20.3 Å². The molecule has 1 aliphatic rings. The Balaban J connectivity index is 2.99. The minimum absolute atomic E-state index is 0.330. The molecule has 0 saturated carbocycles. The molecule has 12 nitrogen and oxygen atoms in total. The maximum Gasteiger partial charge on any atom is 0.325 e. The fourth-order valence-corrected chi connectivity index (χ4v) is 3.53. The molecule has 1 fully saturated rings. The number of aliphatic hydroxyl groups is 1. The van der Waals surface area contributed by atoms with Crippen LogP contribution in [0.1, 0.15) is 53.9 Å². The lowest BCUT2D eigenvalue weighted by molar-refractivity contribution is -0.142. The molecule has 1 heterocycles. The molecule has 0 aromatic heterocycles. The number of hydrogen-bond acceptors (Lipinski definition) is 7. The molecule has 1 saturated heterocycles. The van der Waals surface area contributed by atoms with Crippen LogP contribution in [-0.2, 0) is 24.0 Å². The predicted molar refractivity (Wildman–Crippen MR) is 119 cm³/mol. The molecule has 0 aromatic carbocycles. The highest BCUT2D eigenvalue weighted by molar-refractivity contribution is 5.95. The highest BCUT2D eigenvalue weighted by atomic mass is 16.4. The highest BCUT2D eigenvalue weighted by Gasteiger charge is 2.38. The van der Waals surface area contributed by atoms with Gasteiger partial charge in [0, 0.05) is 6.54 Å². The minimum Gasteiger partial charge on any atom is -0.480 e. The molecule has 4 amide bonds. The van der Waals surface area contributed by atoms with E-state index in [0.717, 1.165) is 0 Å². The Bertz CT molecular complexity index is 743. The van der Waals surface area contributed by atoms with Crippen molar-refractivity contribution in [1.29, 1.82) is 0 Å². The lowest BCUT2D eigenvalue weighted by atomic mass is 9.97. The number of carboxylic acids is 1. The number of aliphatic hydroxyl groups excluding tert-OH is 1. The smallest absolute Gasteiger partial charge is 0.325 e. The Morgan fingerprint density at radius 1 is 1.00 bits per heavy atom. The summed E-state index contributed by atoms with van der Waals surface area (Å²) in [6, 6.07) is -5.20. The summed E-state index contributed by atoms with van der Waals surface area (Å²) in [4.78, 5) is 63.2. The summed E-state index contributed by atoms with van der Waals surface area (Å²) >= 11 is 0. The van der Waals surface area contributed by atoms with Gasteiger partial charge in [-0.15, -0.1) is 0 Å². The first-order chi connectivity index (χ1) is 15.3. The number of carbonyl (C=O) groups is 5. The van der Waals surface area contributed by atoms with Crippen LogP contribution in [0.15, 0.2) is 0 Å². The third-order valence-corrected chi connectivity index (χ3v) is 5.81. The monoisotopic (exact) mass is 471 g/mol. The van der Waals surface area contributed by atoms with E-state index in [2.05, 4.69) is 16.0 Å². The Morgan fingerprint density at radius 3 is 2.06 bits per heavy atom. The maximum absolute atomic E-state index is 13.0. The Labute approximate surface area is 193 Å². The molecule has 7 atom stereocenters. The number of carbonyl (C=O) groups excluding carboxylic acids is 4. The summed E-state index contributed by atoms with van der Waals surface area (Å²) in [6.45, 7) is 8.03. The van der Waals surface area contributed by atoms with Crippen LogP contribution in [0.5, 0.6) is 0 Å². The van der Waals surface area contributed by atoms with Gasteiger partial charge < -0.3 is 36.8 Å². The molecular weight excluding hydrogens is 434 g/mol. The summed E-state index contributed by atoms with van der Waals surface area (Å²) in [5.41, 5.74) is 5.68. The Kier molecular flexibility index (Phi) is 10.7. The molecule has 0 unspecified atom stereocenters. The third kappa shape index (κ3) is 7.67. The number of nitrogens with two attached hydrogens (primary N) is 1. The fourth-order valence-electron chi connectivity index (χ4n) is 3.53. The minimum atomic E-state index is -1.43. The molecule has 0 bridgehead atoms. The van der Waals surface area contributed by atoms with Crippen LogP contribution in [0.2, 0.25) is 0 Å². The molecule has 0 radical (unpaired) electrons. The van der Waals surface area contributed by atoms with Gasteiger partial charge >= 0.3 is 5.97 Å². The van der Waals surface area contributed by atoms with Crippen LogP contribution in [-0.4, -0.2) is 87.6 Å². The quantitative estimate of drug-likeness (QED) is 0.206. The number of hydrogen-bond donors (Lipinski definition) is 6. The summed E-state index contributed by atoms with van der Waals surface area (Å²) in [6.07, 6.45) is 0.262. The van der Waals surface area contributed by atoms with Gasteiger partial charge in [-0.2, -0.15) is 0 Å². The van der Waals surface area contributed by atoms with Gasteiger partial charge in [-0.05, 0) is 39.5 Å². The van der Waals surface area contributed by atoms with Crippen LogP contribution in [0.3, 0.4) is 0 Å². The molecule has 0 aliphatic carbocycles. The normalized spacial score (nSPS) is 21.2. The average molecular weight is 472 g/mol. The largest absolute Gasteiger partial charge is 0.480 e. The average Bonchev–Trinajstić information content (AvgIpc) is 3.23. The lowest BCUT2D eigenvalue weighted by Crippen LogP contribution is -2.61. The highest BCUT2D eigenvalue weighted by Crippen LogP contribution is 2.19. The van der Waals surface area contributed by atoms with Crippen molar-refractivity contribution in [2.75, 3.05) is 6.54 Å². The van der Waals surface area contributed by atoms with Gasteiger partial charge in [0.2, 0.25) is 23.6 Å². The van der Waals surface area contributed by atoms with Crippen molar-refractivity contribution >= 4 is 29.6 Å². The molecule has 7 N–H and O–H groups in total. The molecule has 33 heavy (non-hydrogen) atoms. The Hall–Kier alpha value is -2.73.